The molecule has 0 atom stereocenters. The van der Waals surface area contributed by atoms with Crippen LogP contribution >= 0.6 is 24.0 Å². The van der Waals surface area contributed by atoms with Crippen LogP contribution in [0.4, 0.5) is 5.69 Å². The molecule has 1 amide bonds. The number of guanidine groups is 1. The molecule has 3 N–H and O–H groups in total. The van der Waals surface area contributed by atoms with Crippen molar-refractivity contribution in [3.63, 3.8) is 0 Å². The van der Waals surface area contributed by atoms with Crippen molar-refractivity contribution in [1.82, 2.24) is 10.6 Å². The summed E-state index contributed by atoms with van der Waals surface area (Å²) in [6, 6.07) is 7.36. The van der Waals surface area contributed by atoms with Gasteiger partial charge in [0.05, 0.1) is 6.54 Å². The van der Waals surface area contributed by atoms with E-state index in [4.69, 9.17) is 4.74 Å². The Morgan fingerprint density at radius 1 is 1.16 bits per heavy atom. The topological polar surface area (TPSA) is 74.8 Å². The molecule has 0 radical (unpaired) electrons. The van der Waals surface area contributed by atoms with Gasteiger partial charge in [0.2, 0.25) is 5.91 Å². The van der Waals surface area contributed by atoms with E-state index < -0.39 is 0 Å². The number of nitrogens with one attached hydrogen (secondary N) is 3. The normalized spacial score (nSPS) is 10.6. The number of aliphatic imine (C=N–C) groups is 1. The number of anilines is 1. The summed E-state index contributed by atoms with van der Waals surface area (Å²) in [7, 11) is 1.76. The lowest BCUT2D eigenvalue weighted by Crippen LogP contribution is -2.39. The second-order valence-electron chi connectivity index (χ2n) is 5.54. The molecule has 0 fully saturated rings. The number of unbranched alkanes of at least 4 members (excludes halogenated alkanes) is 3. The van der Waals surface area contributed by atoms with E-state index in [0.717, 1.165) is 30.4 Å². The highest BCUT2D eigenvalue weighted by Gasteiger charge is 2.00. The lowest BCUT2D eigenvalue weighted by Gasteiger charge is -2.13. The summed E-state index contributed by atoms with van der Waals surface area (Å²) in [4.78, 5) is 15.2. The molecular formula is C18H31IN4O2. The molecule has 0 aliphatic carbocycles. The predicted octanol–water partition coefficient (Wildman–Crippen LogP) is 3.39. The standard InChI is InChI=1S/C18H30N4O2.HI/c1-4-5-6-7-11-20-18(19-3)21-12-13-24-17-10-8-9-16(14-17)22-15(2)23;/h8-10,14H,4-7,11-13H2,1-3H3,(H,22,23)(H2,19,20,21);1H. The largest absolute Gasteiger partial charge is 0.492 e. The molecule has 7 heteroatoms. The Balaban J connectivity index is 0.00000576. The van der Waals surface area contributed by atoms with Gasteiger partial charge < -0.3 is 20.7 Å². The monoisotopic (exact) mass is 462 g/mol. The summed E-state index contributed by atoms with van der Waals surface area (Å²) >= 11 is 0. The molecule has 0 aromatic heterocycles. The van der Waals surface area contributed by atoms with Crippen LogP contribution < -0.4 is 20.7 Å². The molecular weight excluding hydrogens is 431 g/mol. The zero-order valence-electron chi connectivity index (χ0n) is 15.4. The first-order valence-corrected chi connectivity index (χ1v) is 8.60. The fraction of sp³-hybridized carbons (Fsp3) is 0.556. The first-order valence-electron chi connectivity index (χ1n) is 8.60. The van der Waals surface area contributed by atoms with E-state index in [2.05, 4.69) is 27.9 Å². The van der Waals surface area contributed by atoms with Gasteiger partial charge in [-0.05, 0) is 18.6 Å². The third-order valence-corrected chi connectivity index (χ3v) is 3.36. The van der Waals surface area contributed by atoms with E-state index in [1.165, 1.54) is 26.2 Å². The van der Waals surface area contributed by atoms with Gasteiger partial charge in [-0.3, -0.25) is 9.79 Å². The van der Waals surface area contributed by atoms with Gasteiger partial charge in [0.25, 0.3) is 0 Å². The molecule has 0 aliphatic rings. The van der Waals surface area contributed by atoms with Crippen molar-refractivity contribution in [2.24, 2.45) is 4.99 Å². The Bertz CT molecular complexity index is 524. The van der Waals surface area contributed by atoms with Crippen molar-refractivity contribution < 1.29 is 9.53 Å². The van der Waals surface area contributed by atoms with E-state index in [1.807, 2.05) is 24.3 Å². The molecule has 6 nitrogen and oxygen atoms in total. The highest BCUT2D eigenvalue weighted by atomic mass is 127. The molecule has 0 saturated heterocycles. The van der Waals surface area contributed by atoms with Crippen LogP contribution in [0.15, 0.2) is 29.3 Å². The maximum atomic E-state index is 11.1. The number of amides is 1. The van der Waals surface area contributed by atoms with Crippen LogP contribution in [0, 0.1) is 0 Å². The predicted molar refractivity (Wildman–Crippen MR) is 115 cm³/mol. The first-order chi connectivity index (χ1) is 11.7. The number of carbonyl (C=O) groups excluding carboxylic acids is 1. The Hall–Kier alpha value is -1.51. The van der Waals surface area contributed by atoms with E-state index in [1.54, 1.807) is 7.05 Å². The quantitative estimate of drug-likeness (QED) is 0.216. The van der Waals surface area contributed by atoms with Gasteiger partial charge in [-0.15, -0.1) is 24.0 Å². The highest BCUT2D eigenvalue weighted by molar-refractivity contribution is 14.0. The summed E-state index contributed by atoms with van der Waals surface area (Å²) < 4.78 is 5.68. The van der Waals surface area contributed by atoms with Crippen LogP contribution in [0.1, 0.15) is 39.5 Å². The molecule has 25 heavy (non-hydrogen) atoms. The molecule has 0 heterocycles. The fourth-order valence-corrected chi connectivity index (χ4v) is 2.18. The molecule has 142 valence electrons. The fourth-order valence-electron chi connectivity index (χ4n) is 2.18. The molecule has 0 unspecified atom stereocenters. The van der Waals surface area contributed by atoms with E-state index in [9.17, 15) is 4.79 Å². The Labute approximate surface area is 168 Å². The Morgan fingerprint density at radius 2 is 1.92 bits per heavy atom. The lowest BCUT2D eigenvalue weighted by molar-refractivity contribution is -0.114. The summed E-state index contributed by atoms with van der Waals surface area (Å²) in [6.45, 7) is 5.79. The van der Waals surface area contributed by atoms with Crippen LogP contribution in [0.5, 0.6) is 5.75 Å². The second-order valence-corrected chi connectivity index (χ2v) is 5.54. The maximum absolute atomic E-state index is 11.1. The minimum atomic E-state index is -0.0948. The molecule has 1 aromatic carbocycles. The number of ether oxygens (including phenoxy) is 1. The number of halogens is 1. The average molecular weight is 462 g/mol. The van der Waals surface area contributed by atoms with Gasteiger partial charge in [-0.1, -0.05) is 32.3 Å². The molecule has 0 spiro atoms. The maximum Gasteiger partial charge on any atom is 0.221 e. The zero-order chi connectivity index (χ0) is 17.6. The molecule has 1 aromatic rings. The minimum absolute atomic E-state index is 0. The molecule has 1 rings (SSSR count). The second kappa shape index (κ2) is 14.8. The van der Waals surface area contributed by atoms with Crippen molar-refractivity contribution >= 4 is 41.5 Å². The number of hydrogen-bond donors (Lipinski definition) is 3. The van der Waals surface area contributed by atoms with Crippen molar-refractivity contribution in [2.45, 2.75) is 39.5 Å². The molecule has 0 saturated carbocycles. The van der Waals surface area contributed by atoms with E-state index in [0.29, 0.717) is 13.2 Å². The van der Waals surface area contributed by atoms with Crippen LogP contribution in [-0.2, 0) is 4.79 Å². The summed E-state index contributed by atoms with van der Waals surface area (Å²) in [5.74, 6) is 1.43. The van der Waals surface area contributed by atoms with Gasteiger partial charge >= 0.3 is 0 Å². The van der Waals surface area contributed by atoms with Crippen LogP contribution in [0.25, 0.3) is 0 Å². The number of carbonyl (C=O) groups is 1. The number of hydrogen-bond acceptors (Lipinski definition) is 3. The smallest absolute Gasteiger partial charge is 0.221 e. The van der Waals surface area contributed by atoms with Crippen LogP contribution in [0.3, 0.4) is 0 Å². The lowest BCUT2D eigenvalue weighted by atomic mass is 10.2. The van der Waals surface area contributed by atoms with E-state index >= 15 is 0 Å². The Morgan fingerprint density at radius 3 is 2.60 bits per heavy atom. The number of nitrogens with zero attached hydrogens (tertiary/aromatic N) is 1. The van der Waals surface area contributed by atoms with Crippen molar-refractivity contribution in [2.75, 3.05) is 32.1 Å². The highest BCUT2D eigenvalue weighted by Crippen LogP contribution is 2.16. The average Bonchev–Trinajstić information content (AvgIpc) is 2.56. The van der Waals surface area contributed by atoms with Gasteiger partial charge in [0, 0.05) is 32.3 Å². The molecule has 0 aliphatic heterocycles. The summed E-state index contributed by atoms with van der Waals surface area (Å²) in [5, 5.41) is 9.25. The van der Waals surface area contributed by atoms with Gasteiger partial charge in [-0.25, -0.2) is 0 Å². The van der Waals surface area contributed by atoms with Crippen molar-refractivity contribution in [1.29, 1.82) is 0 Å². The van der Waals surface area contributed by atoms with Gasteiger partial charge in [-0.2, -0.15) is 0 Å². The van der Waals surface area contributed by atoms with Gasteiger partial charge in [0.1, 0.15) is 12.4 Å². The minimum Gasteiger partial charge on any atom is -0.492 e. The van der Waals surface area contributed by atoms with Gasteiger partial charge in [0.15, 0.2) is 5.96 Å². The van der Waals surface area contributed by atoms with E-state index in [-0.39, 0.29) is 29.9 Å². The van der Waals surface area contributed by atoms with Crippen molar-refractivity contribution in [3.05, 3.63) is 24.3 Å². The summed E-state index contributed by atoms with van der Waals surface area (Å²) in [5.41, 5.74) is 0.734. The zero-order valence-corrected chi connectivity index (χ0v) is 17.8. The molecule has 0 bridgehead atoms. The summed E-state index contributed by atoms with van der Waals surface area (Å²) in [6.07, 6.45) is 4.92. The van der Waals surface area contributed by atoms with Crippen LogP contribution in [-0.4, -0.2) is 38.6 Å². The van der Waals surface area contributed by atoms with Crippen molar-refractivity contribution in [3.8, 4) is 5.75 Å². The first kappa shape index (κ1) is 23.5. The Kier molecular flexibility index (Phi) is 13.9. The SMILES string of the molecule is CCCCCCNC(=NC)NCCOc1cccc(NC(C)=O)c1.I. The third kappa shape index (κ3) is 11.6. The number of rotatable bonds is 10. The third-order valence-electron chi connectivity index (χ3n) is 3.36. The number of benzene rings is 1. The van der Waals surface area contributed by atoms with Crippen LogP contribution in [0.2, 0.25) is 0 Å².